The molecule has 372 valence electrons. The summed E-state index contributed by atoms with van der Waals surface area (Å²) in [4.78, 5) is 38.0. The fourth-order valence-electron chi connectivity index (χ4n) is 7.33. The van der Waals surface area contributed by atoms with Gasteiger partial charge >= 0.3 is 17.9 Å². The zero-order chi connectivity index (χ0) is 47.2. The zero-order valence-electron chi connectivity index (χ0n) is 42.5. The summed E-state index contributed by atoms with van der Waals surface area (Å²) in [6, 6.07) is 0. The third-order valence-corrected chi connectivity index (χ3v) is 11.4. The van der Waals surface area contributed by atoms with Crippen molar-refractivity contribution in [2.75, 3.05) is 13.2 Å². The van der Waals surface area contributed by atoms with Crippen molar-refractivity contribution in [3.8, 4) is 0 Å². The number of hydrogen-bond donors (Lipinski definition) is 0. The van der Waals surface area contributed by atoms with Crippen molar-refractivity contribution in [2.24, 2.45) is 0 Å². The van der Waals surface area contributed by atoms with Gasteiger partial charge in [0, 0.05) is 19.3 Å². The topological polar surface area (TPSA) is 78.9 Å². The molecule has 0 aliphatic rings. The van der Waals surface area contributed by atoms with Gasteiger partial charge in [-0.3, -0.25) is 14.4 Å². The average molecular weight is 905 g/mol. The molecule has 0 saturated carbocycles. The molecule has 0 spiro atoms. The Morgan fingerprint density at radius 1 is 0.323 bits per heavy atom. The Morgan fingerprint density at radius 2 is 0.615 bits per heavy atom. The van der Waals surface area contributed by atoms with Gasteiger partial charge in [-0.1, -0.05) is 228 Å². The Balaban J connectivity index is 4.48. The second kappa shape index (κ2) is 53.2. The molecule has 0 bridgehead atoms. The van der Waals surface area contributed by atoms with Crippen molar-refractivity contribution in [3.63, 3.8) is 0 Å². The van der Waals surface area contributed by atoms with Crippen molar-refractivity contribution < 1.29 is 28.6 Å². The number of rotatable bonds is 48. The SMILES string of the molecule is CC/C=C\C/C=C\C/C=C\C/C=C\C/C=C\CCCC(=O)OC[C@@H](COC(=O)CCCCCCCCCCCCCCC)OC(=O)CCCCCCCCC/C=C\C/C=C\CCCCC. The Bertz CT molecular complexity index is 1270. The van der Waals surface area contributed by atoms with E-state index in [1.165, 1.54) is 116 Å². The lowest BCUT2D eigenvalue weighted by molar-refractivity contribution is -0.167. The number of hydrogen-bond acceptors (Lipinski definition) is 6. The van der Waals surface area contributed by atoms with Crippen LogP contribution in [0.3, 0.4) is 0 Å². The van der Waals surface area contributed by atoms with Crippen molar-refractivity contribution in [3.05, 3.63) is 85.1 Å². The fraction of sp³-hybridized carbons (Fsp3) is 0.712. The molecule has 0 heterocycles. The Morgan fingerprint density at radius 3 is 1.03 bits per heavy atom. The first-order chi connectivity index (χ1) is 32.0. The molecule has 0 aromatic rings. The maximum absolute atomic E-state index is 12.8. The number of unbranched alkanes of at least 4 members (excludes halogenated alkanes) is 23. The number of allylic oxidation sites excluding steroid dienone is 14. The van der Waals surface area contributed by atoms with Gasteiger partial charge in [0.05, 0.1) is 0 Å². The molecule has 65 heavy (non-hydrogen) atoms. The molecular formula is C59H100O6. The van der Waals surface area contributed by atoms with Crippen LogP contribution in [-0.2, 0) is 28.6 Å². The van der Waals surface area contributed by atoms with E-state index in [1.807, 2.05) is 0 Å². The van der Waals surface area contributed by atoms with Crippen LogP contribution in [0.2, 0.25) is 0 Å². The first-order valence-corrected chi connectivity index (χ1v) is 27.1. The van der Waals surface area contributed by atoms with Crippen LogP contribution in [0.5, 0.6) is 0 Å². The minimum atomic E-state index is -0.802. The molecule has 1 atom stereocenters. The van der Waals surface area contributed by atoms with Gasteiger partial charge in [0.2, 0.25) is 0 Å². The summed E-state index contributed by atoms with van der Waals surface area (Å²) in [5, 5.41) is 0. The minimum absolute atomic E-state index is 0.0960. The van der Waals surface area contributed by atoms with Crippen LogP contribution in [0.25, 0.3) is 0 Å². The van der Waals surface area contributed by atoms with E-state index in [4.69, 9.17) is 14.2 Å². The van der Waals surface area contributed by atoms with Crippen LogP contribution in [0.15, 0.2) is 85.1 Å². The Kier molecular flexibility index (Phi) is 50.4. The maximum Gasteiger partial charge on any atom is 0.306 e. The maximum atomic E-state index is 12.8. The lowest BCUT2D eigenvalue weighted by Gasteiger charge is -2.18. The molecule has 0 fully saturated rings. The van der Waals surface area contributed by atoms with Crippen LogP contribution in [0.4, 0.5) is 0 Å². The lowest BCUT2D eigenvalue weighted by Crippen LogP contribution is -2.30. The number of ether oxygens (including phenoxy) is 3. The van der Waals surface area contributed by atoms with Crippen LogP contribution >= 0.6 is 0 Å². The van der Waals surface area contributed by atoms with Crippen LogP contribution in [-0.4, -0.2) is 37.2 Å². The van der Waals surface area contributed by atoms with Gasteiger partial charge < -0.3 is 14.2 Å². The lowest BCUT2D eigenvalue weighted by atomic mass is 10.0. The van der Waals surface area contributed by atoms with Gasteiger partial charge in [0.25, 0.3) is 0 Å². The molecule has 0 saturated heterocycles. The number of esters is 3. The molecule has 0 rings (SSSR count). The third-order valence-electron chi connectivity index (χ3n) is 11.4. The monoisotopic (exact) mass is 905 g/mol. The largest absolute Gasteiger partial charge is 0.462 e. The van der Waals surface area contributed by atoms with Crippen molar-refractivity contribution >= 4 is 17.9 Å². The first kappa shape index (κ1) is 61.6. The summed E-state index contributed by atoms with van der Waals surface area (Å²) in [5.41, 5.74) is 0. The normalized spacial score (nSPS) is 12.7. The zero-order valence-corrected chi connectivity index (χ0v) is 42.5. The molecule has 0 unspecified atom stereocenters. The summed E-state index contributed by atoms with van der Waals surface area (Å²) in [5.74, 6) is -0.962. The highest BCUT2D eigenvalue weighted by atomic mass is 16.6. The molecule has 0 amide bonds. The van der Waals surface area contributed by atoms with Crippen LogP contribution in [0, 0.1) is 0 Å². The van der Waals surface area contributed by atoms with E-state index >= 15 is 0 Å². The quantitative estimate of drug-likeness (QED) is 0.0262. The van der Waals surface area contributed by atoms with E-state index in [0.29, 0.717) is 19.3 Å². The van der Waals surface area contributed by atoms with Crippen LogP contribution < -0.4 is 0 Å². The van der Waals surface area contributed by atoms with Crippen molar-refractivity contribution in [2.45, 2.75) is 258 Å². The van der Waals surface area contributed by atoms with Gasteiger partial charge in [0.15, 0.2) is 6.10 Å². The van der Waals surface area contributed by atoms with E-state index in [2.05, 4.69) is 106 Å². The summed E-state index contributed by atoms with van der Waals surface area (Å²) >= 11 is 0. The summed E-state index contributed by atoms with van der Waals surface area (Å²) in [6.07, 6.45) is 68.5. The van der Waals surface area contributed by atoms with Gasteiger partial charge in [-0.15, -0.1) is 0 Å². The van der Waals surface area contributed by atoms with Gasteiger partial charge in [-0.25, -0.2) is 0 Å². The second-order valence-corrected chi connectivity index (χ2v) is 17.8. The molecule has 0 aromatic heterocycles. The Labute approximate surface area is 401 Å². The standard InChI is InChI=1S/C59H100O6/c1-4-7-10-13-16-19-22-25-27-29-31-34-37-40-43-46-49-52-58(61)64-55-56(54-63-57(60)51-48-45-42-39-36-33-24-21-18-15-12-9-6-3)65-59(62)53-50-47-44-41-38-35-32-30-28-26-23-20-17-14-11-8-5-2/h7,10,16-17,19-20,25-28,31,34,40,43,56H,4-6,8-9,11-15,18,21-24,29-30,32-33,35-39,41-42,44-55H2,1-3H3/b10-7-,19-16-,20-17-,27-25-,28-26-,34-31-,43-40-/t56-/m1/s1. The van der Waals surface area contributed by atoms with E-state index in [-0.39, 0.29) is 37.5 Å². The predicted molar refractivity (Wildman–Crippen MR) is 279 cm³/mol. The number of carbonyl (C=O) groups excluding carboxylic acids is 3. The van der Waals surface area contributed by atoms with E-state index < -0.39 is 6.10 Å². The van der Waals surface area contributed by atoms with Gasteiger partial charge in [-0.2, -0.15) is 0 Å². The van der Waals surface area contributed by atoms with Crippen LogP contribution in [0.1, 0.15) is 252 Å². The highest BCUT2D eigenvalue weighted by molar-refractivity contribution is 5.71. The van der Waals surface area contributed by atoms with Gasteiger partial charge in [0.1, 0.15) is 13.2 Å². The average Bonchev–Trinajstić information content (AvgIpc) is 3.30. The van der Waals surface area contributed by atoms with Crippen molar-refractivity contribution in [1.29, 1.82) is 0 Å². The minimum Gasteiger partial charge on any atom is -0.462 e. The van der Waals surface area contributed by atoms with E-state index in [9.17, 15) is 14.4 Å². The molecule has 0 aliphatic heterocycles. The molecule has 6 heteroatoms. The summed E-state index contributed by atoms with van der Waals surface area (Å²) < 4.78 is 16.8. The molecule has 0 radical (unpaired) electrons. The molecule has 0 aliphatic carbocycles. The predicted octanol–water partition coefficient (Wildman–Crippen LogP) is 18.0. The smallest absolute Gasteiger partial charge is 0.306 e. The fourth-order valence-corrected chi connectivity index (χ4v) is 7.33. The molecule has 0 aromatic carbocycles. The Hall–Kier alpha value is -3.41. The molecule has 6 nitrogen and oxygen atoms in total. The van der Waals surface area contributed by atoms with E-state index in [1.54, 1.807) is 0 Å². The second-order valence-electron chi connectivity index (χ2n) is 17.8. The summed E-state index contributed by atoms with van der Waals surface area (Å²) in [7, 11) is 0. The number of carbonyl (C=O) groups is 3. The summed E-state index contributed by atoms with van der Waals surface area (Å²) in [6.45, 7) is 6.45. The molecular weight excluding hydrogens is 805 g/mol. The van der Waals surface area contributed by atoms with E-state index in [0.717, 1.165) is 89.9 Å². The highest BCUT2D eigenvalue weighted by Gasteiger charge is 2.19. The van der Waals surface area contributed by atoms with Crippen molar-refractivity contribution in [1.82, 2.24) is 0 Å². The molecule has 0 N–H and O–H groups in total. The highest BCUT2D eigenvalue weighted by Crippen LogP contribution is 2.15. The first-order valence-electron chi connectivity index (χ1n) is 27.1. The van der Waals surface area contributed by atoms with Gasteiger partial charge in [-0.05, 0) is 89.9 Å². The third kappa shape index (κ3) is 51.4.